The highest BCUT2D eigenvalue weighted by molar-refractivity contribution is 5.78. The van der Waals surface area contributed by atoms with Gasteiger partial charge in [-0.2, -0.15) is 0 Å². The van der Waals surface area contributed by atoms with Crippen molar-refractivity contribution in [1.82, 2.24) is 4.98 Å². The molecule has 0 aliphatic rings. The van der Waals surface area contributed by atoms with Crippen LogP contribution in [0.1, 0.15) is 18.4 Å². The number of ether oxygens (including phenoxy) is 1. The van der Waals surface area contributed by atoms with Crippen molar-refractivity contribution < 1.29 is 19.6 Å². The fourth-order valence-electron chi connectivity index (χ4n) is 1.66. The molecule has 2 N–H and O–H groups in total. The Kier molecular flexibility index (Phi) is 5.85. The average molecular weight is 283 g/mol. The summed E-state index contributed by atoms with van der Waals surface area (Å²) in [4.78, 5) is 25.4. The van der Waals surface area contributed by atoms with Crippen LogP contribution in [0, 0.1) is 17.0 Å². The van der Waals surface area contributed by atoms with Crippen molar-refractivity contribution in [2.75, 3.05) is 19.0 Å². The van der Waals surface area contributed by atoms with Gasteiger partial charge in [0.1, 0.15) is 6.04 Å². The molecule has 0 bridgehead atoms. The first-order chi connectivity index (χ1) is 9.45. The molecule has 1 atom stereocenters. The van der Waals surface area contributed by atoms with E-state index in [4.69, 9.17) is 9.84 Å². The van der Waals surface area contributed by atoms with E-state index in [9.17, 15) is 14.9 Å². The quantitative estimate of drug-likeness (QED) is 0.423. The maximum absolute atomic E-state index is 11.1. The predicted octanol–water partition coefficient (Wildman–Crippen LogP) is 1.59. The minimum atomic E-state index is -1.09. The highest BCUT2D eigenvalue weighted by Gasteiger charge is 2.23. The third kappa shape index (κ3) is 4.47. The van der Waals surface area contributed by atoms with E-state index in [-0.39, 0.29) is 17.9 Å². The lowest BCUT2D eigenvalue weighted by molar-refractivity contribution is -0.384. The number of carboxylic acid groups (broad SMARTS) is 1. The second-order valence-corrected chi connectivity index (χ2v) is 4.31. The number of nitrogens with one attached hydrogen (secondary N) is 1. The molecule has 0 saturated heterocycles. The number of anilines is 1. The van der Waals surface area contributed by atoms with Gasteiger partial charge in [-0.3, -0.25) is 10.1 Å². The zero-order valence-corrected chi connectivity index (χ0v) is 11.3. The molecular weight excluding hydrogens is 266 g/mol. The van der Waals surface area contributed by atoms with E-state index in [0.717, 1.165) is 0 Å². The van der Waals surface area contributed by atoms with E-state index in [1.165, 1.54) is 19.4 Å². The highest BCUT2D eigenvalue weighted by atomic mass is 16.6. The third-order valence-electron chi connectivity index (χ3n) is 2.65. The van der Waals surface area contributed by atoms with Crippen LogP contribution in [0.3, 0.4) is 0 Å². The molecule has 1 aromatic rings. The molecule has 1 unspecified atom stereocenters. The number of aromatic nitrogens is 1. The minimum absolute atomic E-state index is 0.0367. The molecule has 0 aliphatic carbocycles. The lowest BCUT2D eigenvalue weighted by atomic mass is 10.1. The van der Waals surface area contributed by atoms with Crippen LogP contribution in [0.5, 0.6) is 0 Å². The predicted molar refractivity (Wildman–Crippen MR) is 71.8 cm³/mol. The van der Waals surface area contributed by atoms with Gasteiger partial charge in [-0.1, -0.05) is 0 Å². The number of aliphatic carboxylic acids is 1. The van der Waals surface area contributed by atoms with Crippen LogP contribution in [-0.2, 0) is 9.53 Å². The van der Waals surface area contributed by atoms with Gasteiger partial charge in [0.25, 0.3) is 0 Å². The van der Waals surface area contributed by atoms with E-state index >= 15 is 0 Å². The number of hydrogen-bond acceptors (Lipinski definition) is 6. The Bertz CT molecular complexity index is 492. The standard InChI is InChI=1S/C12H17N3O5/c1-8-6-10(15(18)19)11(13-7-8)14-9(12(16)17)4-3-5-20-2/h6-7,9H,3-5H2,1-2H3,(H,13,14)(H,16,17). The summed E-state index contributed by atoms with van der Waals surface area (Å²) in [7, 11) is 1.52. The molecule has 0 fully saturated rings. The van der Waals surface area contributed by atoms with Gasteiger partial charge in [0.2, 0.25) is 5.82 Å². The molecule has 0 spiro atoms. The van der Waals surface area contributed by atoms with Crippen LogP contribution in [-0.4, -0.2) is 40.7 Å². The van der Waals surface area contributed by atoms with Crippen molar-refractivity contribution in [2.24, 2.45) is 0 Å². The molecule has 1 aromatic heterocycles. The summed E-state index contributed by atoms with van der Waals surface area (Å²) in [6.45, 7) is 2.10. The first-order valence-electron chi connectivity index (χ1n) is 6.05. The number of nitrogens with zero attached hydrogens (tertiary/aromatic N) is 2. The van der Waals surface area contributed by atoms with E-state index in [0.29, 0.717) is 18.6 Å². The second kappa shape index (κ2) is 7.39. The minimum Gasteiger partial charge on any atom is -0.480 e. The lowest BCUT2D eigenvalue weighted by Crippen LogP contribution is -2.30. The number of nitro groups is 1. The van der Waals surface area contributed by atoms with E-state index in [1.807, 2.05) is 0 Å². The Morgan fingerprint density at radius 2 is 2.35 bits per heavy atom. The van der Waals surface area contributed by atoms with E-state index in [2.05, 4.69) is 10.3 Å². The number of aryl methyl sites for hydroxylation is 1. The van der Waals surface area contributed by atoms with Crippen LogP contribution >= 0.6 is 0 Å². The number of carboxylic acids is 1. The number of carbonyl (C=O) groups is 1. The van der Waals surface area contributed by atoms with Crippen molar-refractivity contribution in [3.63, 3.8) is 0 Å². The van der Waals surface area contributed by atoms with Crippen molar-refractivity contribution in [3.05, 3.63) is 27.9 Å². The summed E-state index contributed by atoms with van der Waals surface area (Å²) >= 11 is 0. The lowest BCUT2D eigenvalue weighted by Gasteiger charge is -2.14. The van der Waals surface area contributed by atoms with Gasteiger partial charge >= 0.3 is 11.7 Å². The van der Waals surface area contributed by atoms with Gasteiger partial charge in [-0.15, -0.1) is 0 Å². The maximum Gasteiger partial charge on any atom is 0.326 e. The Balaban J connectivity index is 2.87. The van der Waals surface area contributed by atoms with E-state index in [1.54, 1.807) is 6.92 Å². The second-order valence-electron chi connectivity index (χ2n) is 4.31. The van der Waals surface area contributed by atoms with Gasteiger partial charge in [0.05, 0.1) is 4.92 Å². The topological polar surface area (TPSA) is 115 Å². The fraction of sp³-hybridized carbons (Fsp3) is 0.500. The van der Waals surface area contributed by atoms with Gasteiger partial charge in [0.15, 0.2) is 0 Å². The SMILES string of the molecule is COCCCC(Nc1ncc(C)cc1[N+](=O)[O-])C(=O)O. The summed E-state index contributed by atoms with van der Waals surface area (Å²) in [6.07, 6.45) is 2.26. The summed E-state index contributed by atoms with van der Waals surface area (Å²) in [5.74, 6) is -1.12. The molecule has 1 rings (SSSR count). The first-order valence-corrected chi connectivity index (χ1v) is 6.05. The zero-order chi connectivity index (χ0) is 15.1. The molecule has 0 aromatic carbocycles. The van der Waals surface area contributed by atoms with Gasteiger partial charge < -0.3 is 15.2 Å². The molecule has 0 aliphatic heterocycles. The Morgan fingerprint density at radius 3 is 2.90 bits per heavy atom. The van der Waals surface area contributed by atoms with Crippen molar-refractivity contribution in [3.8, 4) is 0 Å². The summed E-state index contributed by atoms with van der Waals surface area (Å²) in [5.41, 5.74) is 0.400. The van der Waals surface area contributed by atoms with Gasteiger partial charge in [0, 0.05) is 26.0 Å². The molecule has 0 saturated carbocycles. The number of methoxy groups -OCH3 is 1. The molecule has 8 heteroatoms. The largest absolute Gasteiger partial charge is 0.480 e. The monoisotopic (exact) mass is 283 g/mol. The molecule has 1 heterocycles. The smallest absolute Gasteiger partial charge is 0.326 e. The summed E-state index contributed by atoms with van der Waals surface area (Å²) in [6, 6.07) is 0.405. The fourth-order valence-corrected chi connectivity index (χ4v) is 1.66. The van der Waals surface area contributed by atoms with Gasteiger partial charge in [-0.05, 0) is 25.3 Å². The Labute approximate surface area is 115 Å². The average Bonchev–Trinajstić information content (AvgIpc) is 2.39. The number of pyridine rings is 1. The van der Waals surface area contributed by atoms with Crippen LogP contribution in [0.2, 0.25) is 0 Å². The van der Waals surface area contributed by atoms with Crippen LogP contribution in [0.15, 0.2) is 12.3 Å². The number of hydrogen-bond donors (Lipinski definition) is 2. The van der Waals surface area contributed by atoms with E-state index < -0.39 is 16.9 Å². The van der Waals surface area contributed by atoms with Crippen molar-refractivity contribution >= 4 is 17.5 Å². The van der Waals surface area contributed by atoms with Crippen molar-refractivity contribution in [2.45, 2.75) is 25.8 Å². The normalized spacial score (nSPS) is 11.9. The Morgan fingerprint density at radius 1 is 1.65 bits per heavy atom. The summed E-state index contributed by atoms with van der Waals surface area (Å²) in [5, 5.41) is 22.7. The molecule has 0 radical (unpaired) electrons. The highest BCUT2D eigenvalue weighted by Crippen LogP contribution is 2.23. The number of rotatable bonds is 8. The van der Waals surface area contributed by atoms with Gasteiger partial charge in [-0.25, -0.2) is 9.78 Å². The Hall–Kier alpha value is -2.22. The van der Waals surface area contributed by atoms with Crippen LogP contribution in [0.25, 0.3) is 0 Å². The van der Waals surface area contributed by atoms with Crippen LogP contribution in [0.4, 0.5) is 11.5 Å². The molecule has 8 nitrogen and oxygen atoms in total. The summed E-state index contributed by atoms with van der Waals surface area (Å²) < 4.78 is 4.86. The third-order valence-corrected chi connectivity index (χ3v) is 2.65. The first kappa shape index (κ1) is 15.8. The van der Waals surface area contributed by atoms with Crippen molar-refractivity contribution in [1.29, 1.82) is 0 Å². The molecular formula is C12H17N3O5. The zero-order valence-electron chi connectivity index (χ0n) is 11.3. The maximum atomic E-state index is 11.1. The molecule has 20 heavy (non-hydrogen) atoms. The molecule has 110 valence electrons. The molecule has 0 amide bonds. The van der Waals surface area contributed by atoms with Crippen LogP contribution < -0.4 is 5.32 Å².